The predicted molar refractivity (Wildman–Crippen MR) is 162 cm³/mol. The van der Waals surface area contributed by atoms with Crippen molar-refractivity contribution in [3.8, 4) is 0 Å². The Hall–Kier alpha value is -2.88. The minimum atomic E-state index is 0.470. The van der Waals surface area contributed by atoms with Crippen molar-refractivity contribution in [3.05, 3.63) is 107 Å². The number of fused-ring (bicyclic) bond motifs is 3. The molecule has 0 aliphatic heterocycles. The van der Waals surface area contributed by atoms with Crippen molar-refractivity contribution in [1.82, 2.24) is 0 Å². The Morgan fingerprint density at radius 1 is 0.611 bits per heavy atom. The second kappa shape index (κ2) is 11.9. The minimum absolute atomic E-state index is 0.470. The SMILES string of the molecule is CC(C)c1cc2ccccc2o1.CC(C)c1cc2ccccc2s1.CC(C)c1csc2ccccc12. The molecule has 0 amide bonds. The van der Waals surface area contributed by atoms with Gasteiger partial charge in [0.25, 0.3) is 0 Å². The van der Waals surface area contributed by atoms with Crippen LogP contribution in [-0.2, 0) is 0 Å². The van der Waals surface area contributed by atoms with Crippen LogP contribution in [0.1, 0.15) is 75.5 Å². The number of furan rings is 1. The molecule has 3 aromatic heterocycles. The van der Waals surface area contributed by atoms with Crippen molar-refractivity contribution >= 4 is 53.8 Å². The number of para-hydroxylation sites is 1. The maximum absolute atomic E-state index is 5.63. The third-order valence-electron chi connectivity index (χ3n) is 6.16. The van der Waals surface area contributed by atoms with Gasteiger partial charge in [-0.3, -0.25) is 0 Å². The molecule has 0 unspecified atom stereocenters. The quantitative estimate of drug-likeness (QED) is 0.230. The van der Waals surface area contributed by atoms with Gasteiger partial charge in [0.2, 0.25) is 0 Å². The smallest absolute Gasteiger partial charge is 0.134 e. The Morgan fingerprint density at radius 3 is 1.89 bits per heavy atom. The van der Waals surface area contributed by atoms with Crippen LogP contribution in [0.25, 0.3) is 31.1 Å². The van der Waals surface area contributed by atoms with E-state index in [0.29, 0.717) is 17.8 Å². The second-order valence-corrected chi connectivity index (χ2v) is 12.1. The molecule has 1 nitrogen and oxygen atoms in total. The molecule has 0 aliphatic carbocycles. The van der Waals surface area contributed by atoms with Gasteiger partial charge in [0, 0.05) is 25.6 Å². The van der Waals surface area contributed by atoms with Gasteiger partial charge in [-0.15, -0.1) is 22.7 Å². The molecule has 0 saturated carbocycles. The first kappa shape index (κ1) is 26.2. The molecule has 0 spiro atoms. The van der Waals surface area contributed by atoms with Gasteiger partial charge in [-0.1, -0.05) is 96.1 Å². The maximum atomic E-state index is 5.63. The first-order chi connectivity index (χ1) is 17.3. The molecule has 6 rings (SSSR count). The van der Waals surface area contributed by atoms with Crippen molar-refractivity contribution < 1.29 is 4.42 Å². The molecule has 186 valence electrons. The van der Waals surface area contributed by atoms with Gasteiger partial charge < -0.3 is 4.42 Å². The Balaban J connectivity index is 0.000000127. The zero-order chi connectivity index (χ0) is 25.7. The first-order valence-corrected chi connectivity index (χ1v) is 14.5. The largest absolute Gasteiger partial charge is 0.461 e. The minimum Gasteiger partial charge on any atom is -0.461 e. The van der Waals surface area contributed by atoms with Gasteiger partial charge in [-0.2, -0.15) is 0 Å². The zero-order valence-corrected chi connectivity index (χ0v) is 23.8. The molecule has 3 aromatic carbocycles. The summed E-state index contributed by atoms with van der Waals surface area (Å²) in [6.45, 7) is 13.2. The standard InChI is InChI=1S/C11H12O.2C11H12S/c1-8(2)11-7-9-5-3-4-6-10(9)12-11;1-8(2)10-7-12-11-6-4-3-5-9(10)11;1-8(2)11-7-9-5-3-4-6-10(9)12-11/h3*3-8H,1-2H3. The molecule has 0 bridgehead atoms. The zero-order valence-electron chi connectivity index (χ0n) is 22.1. The molecule has 0 fully saturated rings. The molecule has 6 aromatic rings. The van der Waals surface area contributed by atoms with Crippen LogP contribution in [0.15, 0.2) is 94.7 Å². The van der Waals surface area contributed by atoms with E-state index in [0.717, 1.165) is 11.3 Å². The topological polar surface area (TPSA) is 13.1 Å². The van der Waals surface area contributed by atoms with E-state index in [1.54, 1.807) is 0 Å². The third-order valence-corrected chi connectivity index (χ3v) is 8.56. The highest BCUT2D eigenvalue weighted by molar-refractivity contribution is 7.19. The molecule has 0 radical (unpaired) electrons. The molecule has 0 N–H and O–H groups in total. The Bertz CT molecular complexity index is 1370. The number of thiophene rings is 2. The van der Waals surface area contributed by atoms with Crippen LogP contribution in [0.5, 0.6) is 0 Å². The van der Waals surface area contributed by atoms with Crippen LogP contribution >= 0.6 is 22.7 Å². The van der Waals surface area contributed by atoms with Gasteiger partial charge in [0.15, 0.2) is 0 Å². The van der Waals surface area contributed by atoms with Gasteiger partial charge in [-0.25, -0.2) is 0 Å². The number of hydrogen-bond donors (Lipinski definition) is 0. The highest BCUT2D eigenvalue weighted by atomic mass is 32.1. The summed E-state index contributed by atoms with van der Waals surface area (Å²) in [5.41, 5.74) is 2.47. The van der Waals surface area contributed by atoms with Crippen LogP contribution < -0.4 is 0 Å². The monoisotopic (exact) mass is 512 g/mol. The van der Waals surface area contributed by atoms with Crippen molar-refractivity contribution in [3.63, 3.8) is 0 Å². The van der Waals surface area contributed by atoms with Crippen molar-refractivity contribution in [1.29, 1.82) is 0 Å². The summed E-state index contributed by atoms with van der Waals surface area (Å²) in [5, 5.41) is 6.28. The molecular formula is C33H36OS2. The highest BCUT2D eigenvalue weighted by Crippen LogP contribution is 2.31. The maximum Gasteiger partial charge on any atom is 0.134 e. The van der Waals surface area contributed by atoms with Gasteiger partial charge in [0.1, 0.15) is 11.3 Å². The lowest BCUT2D eigenvalue weighted by molar-refractivity contribution is 0.522. The third kappa shape index (κ3) is 6.27. The Kier molecular flexibility index (Phi) is 8.66. The van der Waals surface area contributed by atoms with Crippen LogP contribution in [0.2, 0.25) is 0 Å². The van der Waals surface area contributed by atoms with Crippen LogP contribution in [0, 0.1) is 0 Å². The van der Waals surface area contributed by atoms with E-state index in [9.17, 15) is 0 Å². The number of hydrogen-bond acceptors (Lipinski definition) is 3. The van der Waals surface area contributed by atoms with Crippen LogP contribution in [-0.4, -0.2) is 0 Å². The van der Waals surface area contributed by atoms with Gasteiger partial charge >= 0.3 is 0 Å². The summed E-state index contributed by atoms with van der Waals surface area (Å²) in [6.07, 6.45) is 0. The summed E-state index contributed by atoms with van der Waals surface area (Å²) >= 11 is 3.75. The second-order valence-electron chi connectivity index (χ2n) is 10.0. The molecule has 0 aliphatic rings. The lowest BCUT2D eigenvalue weighted by Crippen LogP contribution is -1.82. The molecule has 0 saturated heterocycles. The van der Waals surface area contributed by atoms with E-state index in [1.165, 1.54) is 36.0 Å². The summed E-state index contributed by atoms with van der Waals surface area (Å²) in [7, 11) is 0. The summed E-state index contributed by atoms with van der Waals surface area (Å²) in [4.78, 5) is 1.48. The average Bonchev–Trinajstić information content (AvgIpc) is 3.61. The van der Waals surface area contributed by atoms with Gasteiger partial charge in [-0.05, 0) is 63.9 Å². The van der Waals surface area contributed by atoms with E-state index >= 15 is 0 Å². The lowest BCUT2D eigenvalue weighted by Gasteiger charge is -2.01. The first-order valence-electron chi connectivity index (χ1n) is 12.8. The van der Waals surface area contributed by atoms with Crippen LogP contribution in [0.4, 0.5) is 0 Å². The van der Waals surface area contributed by atoms with E-state index in [1.807, 2.05) is 40.9 Å². The predicted octanol–water partition coefficient (Wildman–Crippen LogP) is 11.6. The van der Waals surface area contributed by atoms with Gasteiger partial charge in [0.05, 0.1) is 0 Å². The summed E-state index contributed by atoms with van der Waals surface area (Å²) in [5.74, 6) is 2.83. The molecule has 3 heterocycles. The summed E-state index contributed by atoms with van der Waals surface area (Å²) < 4.78 is 8.44. The molecule has 36 heavy (non-hydrogen) atoms. The number of rotatable bonds is 3. The summed E-state index contributed by atoms with van der Waals surface area (Å²) in [6, 6.07) is 29.7. The van der Waals surface area contributed by atoms with E-state index < -0.39 is 0 Å². The average molecular weight is 513 g/mol. The number of benzene rings is 3. The fourth-order valence-electron chi connectivity index (χ4n) is 4.02. The Labute approximate surface area is 223 Å². The normalized spacial score (nSPS) is 11.2. The molecule has 0 atom stereocenters. The fraction of sp³-hybridized carbons (Fsp3) is 0.273. The Morgan fingerprint density at radius 2 is 1.25 bits per heavy atom. The van der Waals surface area contributed by atoms with E-state index in [2.05, 4.69) is 114 Å². The van der Waals surface area contributed by atoms with E-state index in [-0.39, 0.29) is 0 Å². The lowest BCUT2D eigenvalue weighted by atomic mass is 10.0. The molecular weight excluding hydrogens is 476 g/mol. The highest BCUT2D eigenvalue weighted by Gasteiger charge is 2.06. The molecule has 3 heteroatoms. The van der Waals surface area contributed by atoms with Crippen molar-refractivity contribution in [2.24, 2.45) is 0 Å². The van der Waals surface area contributed by atoms with Crippen LogP contribution in [0.3, 0.4) is 0 Å². The van der Waals surface area contributed by atoms with E-state index in [4.69, 9.17) is 4.42 Å². The van der Waals surface area contributed by atoms with Crippen molar-refractivity contribution in [2.75, 3.05) is 0 Å². The van der Waals surface area contributed by atoms with Crippen molar-refractivity contribution in [2.45, 2.75) is 59.3 Å². The fourth-order valence-corrected chi connectivity index (χ4v) is 6.21.